The zero-order valence-electron chi connectivity index (χ0n) is 8.11. The van der Waals surface area contributed by atoms with E-state index in [1.54, 1.807) is 6.08 Å². The number of aliphatic imine (C=N–C) groups is 1. The van der Waals surface area contributed by atoms with Crippen LogP contribution in [0.4, 0.5) is 5.69 Å². The molecule has 70 valence electrons. The Balaban J connectivity index is 2.90. The number of hydrogen-bond acceptors (Lipinski definition) is 2. The molecule has 0 bridgehead atoms. The van der Waals surface area contributed by atoms with E-state index in [2.05, 4.69) is 4.99 Å². The number of aryl methyl sites for hydroxylation is 2. The number of rotatable bonds is 1. The molecule has 0 atom stereocenters. The number of nitrogens with zero attached hydrogens (tertiary/aromatic N) is 2. The average Bonchev–Trinajstić information content (AvgIpc) is 2.46. The third kappa shape index (κ3) is 1.15. The molecule has 2 rings (SSSR count). The van der Waals surface area contributed by atoms with E-state index in [9.17, 15) is 4.79 Å². The Bertz CT molecular complexity index is 533. The van der Waals surface area contributed by atoms with Gasteiger partial charge in [0.15, 0.2) is 0 Å². The standard InChI is InChI=1S/C11H10N2O/c1-8-4-3-5-9-10(12-7-14)6-13(2)11(8)9/h3-6H,1-2H3. The van der Waals surface area contributed by atoms with Gasteiger partial charge in [0, 0.05) is 18.6 Å². The van der Waals surface area contributed by atoms with Crippen LogP contribution in [0.1, 0.15) is 5.56 Å². The Morgan fingerprint density at radius 2 is 2.21 bits per heavy atom. The quantitative estimate of drug-likeness (QED) is 0.497. The van der Waals surface area contributed by atoms with E-state index in [1.165, 1.54) is 5.56 Å². The molecule has 2 aromatic rings. The van der Waals surface area contributed by atoms with Crippen molar-refractivity contribution >= 4 is 22.7 Å². The molecule has 0 unspecified atom stereocenters. The lowest BCUT2D eigenvalue weighted by Crippen LogP contribution is -1.86. The molecular formula is C11H10N2O. The Morgan fingerprint density at radius 3 is 2.93 bits per heavy atom. The summed E-state index contributed by atoms with van der Waals surface area (Å²) in [5.74, 6) is 0. The van der Waals surface area contributed by atoms with Crippen molar-refractivity contribution in [3.05, 3.63) is 30.0 Å². The first-order valence-electron chi connectivity index (χ1n) is 4.36. The van der Waals surface area contributed by atoms with E-state index in [0.29, 0.717) is 5.69 Å². The normalized spacial score (nSPS) is 10.1. The summed E-state index contributed by atoms with van der Waals surface area (Å²) in [7, 11) is 1.94. The van der Waals surface area contributed by atoms with Crippen molar-refractivity contribution in [3.63, 3.8) is 0 Å². The smallest absolute Gasteiger partial charge is 0.240 e. The van der Waals surface area contributed by atoms with Crippen LogP contribution < -0.4 is 0 Å². The van der Waals surface area contributed by atoms with E-state index in [4.69, 9.17) is 0 Å². The van der Waals surface area contributed by atoms with E-state index >= 15 is 0 Å². The minimum atomic E-state index is 0.682. The molecule has 0 aliphatic rings. The van der Waals surface area contributed by atoms with Gasteiger partial charge in [-0.25, -0.2) is 4.79 Å². The Kier molecular flexibility index (Phi) is 1.95. The number of hydrogen-bond donors (Lipinski definition) is 0. The molecule has 0 N–H and O–H groups in total. The molecule has 3 nitrogen and oxygen atoms in total. The summed E-state index contributed by atoms with van der Waals surface area (Å²) in [6, 6.07) is 5.96. The summed E-state index contributed by atoms with van der Waals surface area (Å²) in [4.78, 5) is 13.9. The largest absolute Gasteiger partial charge is 0.348 e. The highest BCUT2D eigenvalue weighted by atomic mass is 16.1. The minimum Gasteiger partial charge on any atom is -0.348 e. The predicted molar refractivity (Wildman–Crippen MR) is 55.4 cm³/mol. The molecule has 0 radical (unpaired) electrons. The molecule has 0 aliphatic carbocycles. The van der Waals surface area contributed by atoms with E-state index in [1.807, 2.05) is 42.9 Å². The lowest BCUT2D eigenvalue weighted by molar-refractivity contribution is 0.565. The maximum Gasteiger partial charge on any atom is 0.240 e. The lowest BCUT2D eigenvalue weighted by Gasteiger charge is -1.98. The third-order valence-electron chi connectivity index (χ3n) is 2.35. The van der Waals surface area contributed by atoms with Crippen molar-refractivity contribution in [3.8, 4) is 0 Å². The van der Waals surface area contributed by atoms with Crippen molar-refractivity contribution in [1.82, 2.24) is 4.57 Å². The molecule has 0 saturated carbocycles. The van der Waals surface area contributed by atoms with Gasteiger partial charge in [-0.2, -0.15) is 4.99 Å². The molecule has 3 heteroatoms. The van der Waals surface area contributed by atoms with Crippen LogP contribution in [0.5, 0.6) is 0 Å². The van der Waals surface area contributed by atoms with Gasteiger partial charge in [-0.1, -0.05) is 18.2 Å². The topological polar surface area (TPSA) is 34.4 Å². The fraction of sp³-hybridized carbons (Fsp3) is 0.182. The van der Waals surface area contributed by atoms with E-state index in [0.717, 1.165) is 10.9 Å². The predicted octanol–water partition coefficient (Wildman–Crippen LogP) is 2.45. The SMILES string of the molecule is Cc1cccc2c(N=C=O)cn(C)c12. The monoisotopic (exact) mass is 186 g/mol. The molecule has 1 aromatic heterocycles. The van der Waals surface area contributed by atoms with Gasteiger partial charge >= 0.3 is 0 Å². The summed E-state index contributed by atoms with van der Waals surface area (Å²) in [5, 5.41) is 0.996. The molecule has 1 aromatic carbocycles. The fourth-order valence-corrected chi connectivity index (χ4v) is 1.79. The summed E-state index contributed by atoms with van der Waals surface area (Å²) in [6.45, 7) is 2.04. The maximum absolute atomic E-state index is 10.2. The molecule has 0 aliphatic heterocycles. The molecule has 14 heavy (non-hydrogen) atoms. The molecule has 0 saturated heterocycles. The van der Waals surface area contributed by atoms with Crippen LogP contribution in [0.25, 0.3) is 10.9 Å². The number of aromatic nitrogens is 1. The van der Waals surface area contributed by atoms with Gasteiger partial charge in [0.05, 0.1) is 5.52 Å². The summed E-state index contributed by atoms with van der Waals surface area (Å²) < 4.78 is 1.97. The van der Waals surface area contributed by atoms with Gasteiger partial charge < -0.3 is 4.57 Å². The van der Waals surface area contributed by atoms with Gasteiger partial charge in [-0.15, -0.1) is 0 Å². The van der Waals surface area contributed by atoms with Gasteiger partial charge in [-0.3, -0.25) is 0 Å². The second-order valence-electron chi connectivity index (χ2n) is 3.30. The lowest BCUT2D eigenvalue weighted by atomic mass is 10.1. The first-order valence-corrected chi connectivity index (χ1v) is 4.36. The van der Waals surface area contributed by atoms with Crippen molar-refractivity contribution < 1.29 is 4.79 Å². The average molecular weight is 186 g/mol. The number of fused-ring (bicyclic) bond motifs is 1. The highest BCUT2D eigenvalue weighted by Crippen LogP contribution is 2.29. The number of carbonyl (C=O) groups excluding carboxylic acids is 1. The maximum atomic E-state index is 10.2. The first kappa shape index (κ1) is 8.73. The fourth-order valence-electron chi connectivity index (χ4n) is 1.79. The molecule has 0 fully saturated rings. The zero-order chi connectivity index (χ0) is 10.1. The number of benzene rings is 1. The summed E-state index contributed by atoms with van der Waals surface area (Å²) in [6.07, 6.45) is 3.41. The van der Waals surface area contributed by atoms with E-state index < -0.39 is 0 Å². The number of isocyanates is 1. The Morgan fingerprint density at radius 1 is 1.43 bits per heavy atom. The van der Waals surface area contributed by atoms with Crippen LogP contribution in [0.15, 0.2) is 29.4 Å². The number of para-hydroxylation sites is 1. The van der Waals surface area contributed by atoms with Crippen LogP contribution in [0.2, 0.25) is 0 Å². The first-order chi connectivity index (χ1) is 6.74. The Hall–Kier alpha value is -1.86. The Labute approximate surface area is 81.7 Å². The van der Waals surface area contributed by atoms with Gasteiger partial charge in [0.25, 0.3) is 0 Å². The van der Waals surface area contributed by atoms with Crippen LogP contribution in [-0.2, 0) is 11.8 Å². The second kappa shape index (κ2) is 3.13. The van der Waals surface area contributed by atoms with E-state index in [-0.39, 0.29) is 0 Å². The van der Waals surface area contributed by atoms with Crippen molar-refractivity contribution in [2.45, 2.75) is 6.92 Å². The highest BCUT2D eigenvalue weighted by molar-refractivity contribution is 5.94. The van der Waals surface area contributed by atoms with Crippen molar-refractivity contribution in [2.24, 2.45) is 12.0 Å². The molecular weight excluding hydrogens is 176 g/mol. The van der Waals surface area contributed by atoms with Crippen LogP contribution in [0.3, 0.4) is 0 Å². The van der Waals surface area contributed by atoms with Gasteiger partial charge in [0.2, 0.25) is 6.08 Å². The molecule has 1 heterocycles. The van der Waals surface area contributed by atoms with Crippen LogP contribution in [0, 0.1) is 6.92 Å². The summed E-state index contributed by atoms with van der Waals surface area (Å²) >= 11 is 0. The third-order valence-corrected chi connectivity index (χ3v) is 2.35. The van der Waals surface area contributed by atoms with Crippen molar-refractivity contribution in [1.29, 1.82) is 0 Å². The summed E-state index contributed by atoms with van der Waals surface area (Å²) in [5.41, 5.74) is 2.97. The second-order valence-corrected chi connectivity index (χ2v) is 3.30. The minimum absolute atomic E-state index is 0.682. The van der Waals surface area contributed by atoms with Crippen LogP contribution in [-0.4, -0.2) is 10.6 Å². The van der Waals surface area contributed by atoms with Gasteiger partial charge in [0.1, 0.15) is 5.69 Å². The molecule has 0 spiro atoms. The van der Waals surface area contributed by atoms with Crippen LogP contribution >= 0.6 is 0 Å². The van der Waals surface area contributed by atoms with Gasteiger partial charge in [-0.05, 0) is 12.5 Å². The highest BCUT2D eigenvalue weighted by Gasteiger charge is 2.06. The van der Waals surface area contributed by atoms with Crippen molar-refractivity contribution in [2.75, 3.05) is 0 Å². The zero-order valence-corrected chi connectivity index (χ0v) is 8.11. The molecule has 0 amide bonds.